The summed E-state index contributed by atoms with van der Waals surface area (Å²) < 4.78 is 0. The molecule has 0 atom stereocenters. The predicted octanol–water partition coefficient (Wildman–Crippen LogP) is 2.61. The van der Waals surface area contributed by atoms with Crippen molar-refractivity contribution in [2.75, 3.05) is 0 Å². The zero-order valence-corrected chi connectivity index (χ0v) is 8.42. The van der Waals surface area contributed by atoms with Crippen molar-refractivity contribution in [1.29, 1.82) is 0 Å². The van der Waals surface area contributed by atoms with Gasteiger partial charge in [0.25, 0.3) is 0 Å². The lowest BCUT2D eigenvalue weighted by Crippen LogP contribution is -1.96. The number of Topliss-reactive ketones (excluding diaryl/α,β-unsaturated/α-hetero) is 1. The summed E-state index contributed by atoms with van der Waals surface area (Å²) in [5, 5.41) is 1.17. The first-order chi connectivity index (χ1) is 6.68. The number of hydrogen-bond acceptors (Lipinski definition) is 1. The van der Waals surface area contributed by atoms with Crippen LogP contribution in [0.25, 0.3) is 10.9 Å². The summed E-state index contributed by atoms with van der Waals surface area (Å²) in [6.07, 6.45) is 0.524. The van der Waals surface area contributed by atoms with Crippen molar-refractivity contribution in [3.63, 3.8) is 0 Å². The Balaban J connectivity index is 2.62. The summed E-state index contributed by atoms with van der Waals surface area (Å²) in [6.45, 7) is 3.64. The number of hydrogen-bond donors (Lipinski definition) is 1. The zero-order chi connectivity index (χ0) is 10.1. The van der Waals surface area contributed by atoms with Crippen molar-refractivity contribution in [1.82, 2.24) is 4.98 Å². The fourth-order valence-electron chi connectivity index (χ4n) is 1.81. The van der Waals surface area contributed by atoms with Crippen LogP contribution in [0.4, 0.5) is 0 Å². The molecule has 2 nitrogen and oxygen atoms in total. The van der Waals surface area contributed by atoms with Crippen molar-refractivity contribution >= 4 is 16.7 Å². The SMILES string of the molecule is CC(=O)Cc1c(C)[nH]c2ccccc12. The number of fused-ring (bicyclic) bond motifs is 1. The van der Waals surface area contributed by atoms with Gasteiger partial charge >= 0.3 is 0 Å². The Kier molecular flexibility index (Phi) is 2.12. The average Bonchev–Trinajstić information content (AvgIpc) is 2.43. The molecule has 0 amide bonds. The molecule has 0 spiro atoms. The normalized spacial score (nSPS) is 10.7. The van der Waals surface area contributed by atoms with Gasteiger partial charge in [-0.2, -0.15) is 0 Å². The molecule has 0 bridgehead atoms. The zero-order valence-electron chi connectivity index (χ0n) is 8.42. The highest BCUT2D eigenvalue weighted by molar-refractivity contribution is 5.89. The van der Waals surface area contributed by atoms with Crippen molar-refractivity contribution in [3.8, 4) is 0 Å². The number of ketones is 1. The molecule has 0 aliphatic rings. The molecule has 1 aromatic heterocycles. The van der Waals surface area contributed by atoms with Crippen molar-refractivity contribution in [2.24, 2.45) is 0 Å². The first-order valence-electron chi connectivity index (χ1n) is 4.74. The van der Waals surface area contributed by atoms with E-state index in [2.05, 4.69) is 11.1 Å². The number of rotatable bonds is 2. The van der Waals surface area contributed by atoms with E-state index in [-0.39, 0.29) is 5.78 Å². The molecule has 1 N–H and O–H groups in total. The van der Waals surface area contributed by atoms with Gasteiger partial charge in [0.2, 0.25) is 0 Å². The number of para-hydroxylation sites is 1. The van der Waals surface area contributed by atoms with Gasteiger partial charge in [-0.3, -0.25) is 4.79 Å². The Morgan fingerprint density at radius 1 is 1.36 bits per heavy atom. The van der Waals surface area contributed by atoms with E-state index in [1.807, 2.05) is 25.1 Å². The summed E-state index contributed by atoms with van der Waals surface area (Å²) in [5.41, 5.74) is 3.34. The highest BCUT2D eigenvalue weighted by Gasteiger charge is 2.08. The lowest BCUT2D eigenvalue weighted by atomic mass is 10.1. The summed E-state index contributed by atoms with van der Waals surface area (Å²) in [7, 11) is 0. The van der Waals surface area contributed by atoms with Crippen LogP contribution in [0.15, 0.2) is 24.3 Å². The summed E-state index contributed by atoms with van der Waals surface area (Å²) in [5.74, 6) is 0.206. The van der Waals surface area contributed by atoms with Crippen LogP contribution < -0.4 is 0 Å². The minimum atomic E-state index is 0.206. The van der Waals surface area contributed by atoms with E-state index in [1.165, 1.54) is 5.39 Å². The molecule has 2 rings (SSSR count). The van der Waals surface area contributed by atoms with E-state index in [0.29, 0.717) is 6.42 Å². The predicted molar refractivity (Wildman–Crippen MR) is 57.4 cm³/mol. The van der Waals surface area contributed by atoms with Crippen molar-refractivity contribution in [3.05, 3.63) is 35.5 Å². The number of benzene rings is 1. The Bertz CT molecular complexity index is 482. The molecule has 0 aliphatic heterocycles. The molecule has 14 heavy (non-hydrogen) atoms. The lowest BCUT2D eigenvalue weighted by Gasteiger charge is -1.96. The maximum Gasteiger partial charge on any atom is 0.134 e. The van der Waals surface area contributed by atoms with Gasteiger partial charge in [-0.1, -0.05) is 18.2 Å². The second-order valence-electron chi connectivity index (χ2n) is 3.65. The maximum absolute atomic E-state index is 11.1. The second-order valence-corrected chi connectivity index (χ2v) is 3.65. The molecular weight excluding hydrogens is 174 g/mol. The topological polar surface area (TPSA) is 32.9 Å². The second kappa shape index (κ2) is 3.29. The number of nitrogens with one attached hydrogen (secondary N) is 1. The van der Waals surface area contributed by atoms with Crippen molar-refractivity contribution in [2.45, 2.75) is 20.3 Å². The molecule has 0 unspecified atom stereocenters. The Labute approximate surface area is 82.9 Å². The Morgan fingerprint density at radius 2 is 2.07 bits per heavy atom. The van der Waals surface area contributed by atoms with Gasteiger partial charge in [-0.25, -0.2) is 0 Å². The van der Waals surface area contributed by atoms with Crippen LogP contribution >= 0.6 is 0 Å². The number of aromatic amines is 1. The van der Waals surface area contributed by atoms with E-state index >= 15 is 0 Å². The largest absolute Gasteiger partial charge is 0.358 e. The van der Waals surface area contributed by atoms with Crippen molar-refractivity contribution < 1.29 is 4.79 Å². The summed E-state index contributed by atoms with van der Waals surface area (Å²) in [4.78, 5) is 14.4. The standard InChI is InChI=1S/C12H13NO/c1-8(14)7-11-9(2)13-12-6-4-3-5-10(11)12/h3-6,13H,7H2,1-2H3. The average molecular weight is 187 g/mol. The molecule has 0 saturated carbocycles. The fourth-order valence-corrected chi connectivity index (χ4v) is 1.81. The molecule has 0 fully saturated rings. The Hall–Kier alpha value is -1.57. The molecule has 1 heterocycles. The molecule has 0 aliphatic carbocycles. The molecule has 0 radical (unpaired) electrons. The van der Waals surface area contributed by atoms with Crippen LogP contribution in [0.1, 0.15) is 18.2 Å². The van der Waals surface area contributed by atoms with E-state index < -0.39 is 0 Å². The molecule has 2 aromatic rings. The summed E-state index contributed by atoms with van der Waals surface area (Å²) in [6, 6.07) is 8.08. The minimum Gasteiger partial charge on any atom is -0.358 e. The van der Waals surface area contributed by atoms with Gasteiger partial charge in [0.15, 0.2) is 0 Å². The monoisotopic (exact) mass is 187 g/mol. The summed E-state index contributed by atoms with van der Waals surface area (Å²) >= 11 is 0. The minimum absolute atomic E-state index is 0.206. The smallest absolute Gasteiger partial charge is 0.134 e. The molecule has 2 heteroatoms. The fraction of sp³-hybridized carbons (Fsp3) is 0.250. The van der Waals surface area contributed by atoms with E-state index in [9.17, 15) is 4.79 Å². The quantitative estimate of drug-likeness (QED) is 0.770. The van der Waals surface area contributed by atoms with Crippen LogP contribution in [-0.2, 0) is 11.2 Å². The number of carbonyl (C=O) groups excluding carboxylic acids is 1. The molecule has 1 aromatic carbocycles. The van der Waals surface area contributed by atoms with Gasteiger partial charge in [-0.05, 0) is 25.5 Å². The van der Waals surface area contributed by atoms with Crippen LogP contribution in [-0.4, -0.2) is 10.8 Å². The first kappa shape index (κ1) is 9.00. The van der Waals surface area contributed by atoms with Crippen LogP contribution in [0, 0.1) is 6.92 Å². The third kappa shape index (κ3) is 1.43. The van der Waals surface area contributed by atoms with Gasteiger partial charge in [0.05, 0.1) is 0 Å². The lowest BCUT2D eigenvalue weighted by molar-refractivity contribution is -0.116. The molecular formula is C12H13NO. The van der Waals surface area contributed by atoms with Gasteiger partial charge in [0.1, 0.15) is 5.78 Å². The number of H-pyrrole nitrogens is 1. The third-order valence-electron chi connectivity index (χ3n) is 2.45. The van der Waals surface area contributed by atoms with Crippen LogP contribution in [0.5, 0.6) is 0 Å². The van der Waals surface area contributed by atoms with Gasteiger partial charge in [-0.15, -0.1) is 0 Å². The van der Waals surface area contributed by atoms with Crippen LogP contribution in [0.2, 0.25) is 0 Å². The third-order valence-corrected chi connectivity index (χ3v) is 2.45. The number of carbonyl (C=O) groups is 1. The molecule has 72 valence electrons. The number of aryl methyl sites for hydroxylation is 1. The first-order valence-corrected chi connectivity index (χ1v) is 4.74. The Morgan fingerprint density at radius 3 is 2.79 bits per heavy atom. The maximum atomic E-state index is 11.1. The molecule has 0 saturated heterocycles. The van der Waals surface area contributed by atoms with E-state index in [0.717, 1.165) is 16.8 Å². The highest BCUT2D eigenvalue weighted by atomic mass is 16.1. The van der Waals surface area contributed by atoms with E-state index in [4.69, 9.17) is 0 Å². The van der Waals surface area contributed by atoms with Crippen LogP contribution in [0.3, 0.4) is 0 Å². The van der Waals surface area contributed by atoms with Gasteiger partial charge < -0.3 is 4.98 Å². The van der Waals surface area contributed by atoms with Gasteiger partial charge in [0, 0.05) is 23.0 Å². The number of aromatic nitrogens is 1. The highest BCUT2D eigenvalue weighted by Crippen LogP contribution is 2.22. The van der Waals surface area contributed by atoms with E-state index in [1.54, 1.807) is 6.92 Å².